The van der Waals surface area contributed by atoms with Gasteiger partial charge >= 0.3 is 13.3 Å². The third-order valence-corrected chi connectivity index (χ3v) is 7.94. The zero-order chi connectivity index (χ0) is 23.8. The number of thiophene rings is 1. The van der Waals surface area contributed by atoms with E-state index in [1.165, 1.54) is 24.4 Å². The third-order valence-electron chi connectivity index (χ3n) is 4.51. The number of amides is 1. The van der Waals surface area contributed by atoms with E-state index in [9.17, 15) is 18.1 Å². The summed E-state index contributed by atoms with van der Waals surface area (Å²) in [5.74, 6) is 0.136. The number of para-hydroxylation sites is 1. The minimum Gasteiger partial charge on any atom is -0.437 e. The summed E-state index contributed by atoms with van der Waals surface area (Å²) in [7, 11) is -5.74. The zero-order valence-electron chi connectivity index (χ0n) is 16.4. The van der Waals surface area contributed by atoms with Crippen molar-refractivity contribution in [3.63, 3.8) is 0 Å². The Hall–Kier alpha value is -2.69. The van der Waals surface area contributed by atoms with Gasteiger partial charge in [-0.2, -0.15) is 8.78 Å². The summed E-state index contributed by atoms with van der Waals surface area (Å²) in [4.78, 5) is 34.3. The first-order valence-electron chi connectivity index (χ1n) is 9.23. The quantitative estimate of drug-likeness (QED) is 0.240. The first kappa shape index (κ1) is 23.5. The second-order valence-corrected chi connectivity index (χ2v) is 10.3. The molecule has 2 aromatic heterocycles. The van der Waals surface area contributed by atoms with Crippen molar-refractivity contribution >= 4 is 56.5 Å². The number of hydrogen-bond acceptors (Lipinski definition) is 5. The van der Waals surface area contributed by atoms with Crippen molar-refractivity contribution in [3.05, 3.63) is 81.8 Å². The smallest absolute Gasteiger partial charge is 0.400 e. The lowest BCUT2D eigenvalue weighted by atomic mass is 10.1. The standard InChI is InChI=1S/C21H14BrF2N2O5PS/c22-17-14-11-12(8-9-16(14)33-18(17)21(23,24)32(28,29)30)19(27)26-15-7-4-10-25-20(15)31-13-5-2-1-3-6-13/h1-11H,(H,26,27)(H2,28,29,30). The number of anilines is 1. The van der Waals surface area contributed by atoms with Crippen molar-refractivity contribution in [1.82, 2.24) is 4.98 Å². The Morgan fingerprint density at radius 2 is 1.85 bits per heavy atom. The Bertz CT molecular complexity index is 1390. The number of carbonyl (C=O) groups excluding carboxylic acids is 1. The van der Waals surface area contributed by atoms with Gasteiger partial charge in [-0.15, -0.1) is 11.3 Å². The normalized spacial score (nSPS) is 12.0. The number of pyridine rings is 1. The third kappa shape index (κ3) is 4.68. The van der Waals surface area contributed by atoms with Crippen molar-refractivity contribution in [1.29, 1.82) is 0 Å². The summed E-state index contributed by atoms with van der Waals surface area (Å²) in [5.41, 5.74) is -3.93. The Morgan fingerprint density at radius 1 is 1.12 bits per heavy atom. The van der Waals surface area contributed by atoms with Crippen LogP contribution in [0.25, 0.3) is 10.1 Å². The van der Waals surface area contributed by atoms with Crippen LogP contribution in [0.4, 0.5) is 14.5 Å². The topological polar surface area (TPSA) is 109 Å². The molecule has 4 aromatic rings. The number of rotatable bonds is 6. The monoisotopic (exact) mass is 554 g/mol. The van der Waals surface area contributed by atoms with Crippen molar-refractivity contribution in [2.24, 2.45) is 0 Å². The molecule has 0 atom stereocenters. The van der Waals surface area contributed by atoms with Gasteiger partial charge in [-0.1, -0.05) is 18.2 Å². The highest BCUT2D eigenvalue weighted by molar-refractivity contribution is 9.10. The number of fused-ring (bicyclic) bond motifs is 1. The number of alkyl halides is 2. The second kappa shape index (κ2) is 8.92. The summed E-state index contributed by atoms with van der Waals surface area (Å²) in [6, 6.07) is 16.3. The van der Waals surface area contributed by atoms with E-state index < -0.39 is 24.0 Å². The summed E-state index contributed by atoms with van der Waals surface area (Å²) in [6.45, 7) is 0. The van der Waals surface area contributed by atoms with E-state index in [1.807, 2.05) is 6.07 Å². The molecule has 1 amide bonds. The maximum atomic E-state index is 14.2. The molecule has 2 heterocycles. The number of ether oxygens (including phenoxy) is 1. The molecular formula is C21H14BrF2N2O5PS. The molecule has 0 radical (unpaired) electrons. The van der Waals surface area contributed by atoms with Crippen LogP contribution in [0.1, 0.15) is 15.2 Å². The van der Waals surface area contributed by atoms with Crippen molar-refractivity contribution < 1.29 is 32.7 Å². The van der Waals surface area contributed by atoms with E-state index in [-0.39, 0.29) is 21.3 Å². The molecule has 0 aliphatic carbocycles. The molecule has 0 unspecified atom stereocenters. The SMILES string of the molecule is O=C(Nc1cccnc1Oc1ccccc1)c1ccc2sc(C(F)(F)P(=O)(O)O)c(Br)c2c1. The van der Waals surface area contributed by atoms with Crippen LogP contribution in [0.5, 0.6) is 11.6 Å². The van der Waals surface area contributed by atoms with Crippen molar-refractivity contribution in [2.75, 3.05) is 5.32 Å². The summed E-state index contributed by atoms with van der Waals surface area (Å²) < 4.78 is 45.6. The number of hydrogen-bond donors (Lipinski definition) is 3. The van der Waals surface area contributed by atoms with E-state index >= 15 is 0 Å². The predicted octanol–water partition coefficient (Wildman–Crippen LogP) is 6.33. The van der Waals surface area contributed by atoms with Gasteiger partial charge in [-0.05, 0) is 58.4 Å². The Labute approximate surface area is 198 Å². The first-order valence-corrected chi connectivity index (χ1v) is 12.5. The van der Waals surface area contributed by atoms with Gasteiger partial charge in [0.2, 0.25) is 5.88 Å². The number of halogens is 3. The zero-order valence-corrected chi connectivity index (χ0v) is 19.7. The highest BCUT2D eigenvalue weighted by Gasteiger charge is 2.53. The predicted molar refractivity (Wildman–Crippen MR) is 124 cm³/mol. The number of nitrogens with one attached hydrogen (secondary N) is 1. The number of benzene rings is 2. The molecule has 33 heavy (non-hydrogen) atoms. The highest BCUT2D eigenvalue weighted by Crippen LogP contribution is 2.62. The number of nitrogens with zero attached hydrogens (tertiary/aromatic N) is 1. The average Bonchev–Trinajstić information content (AvgIpc) is 3.11. The van der Waals surface area contributed by atoms with Gasteiger partial charge in [0.1, 0.15) is 16.3 Å². The largest absolute Gasteiger partial charge is 0.437 e. The number of carbonyl (C=O) groups is 1. The fourth-order valence-electron chi connectivity index (χ4n) is 2.90. The van der Waals surface area contributed by atoms with Crippen LogP contribution >= 0.6 is 34.9 Å². The summed E-state index contributed by atoms with van der Waals surface area (Å²) >= 11 is 3.54. The van der Waals surface area contributed by atoms with Gasteiger partial charge in [0.25, 0.3) is 5.91 Å². The van der Waals surface area contributed by atoms with Crippen LogP contribution in [-0.4, -0.2) is 20.7 Å². The molecule has 0 bridgehead atoms. The molecule has 12 heteroatoms. The average molecular weight is 555 g/mol. The van der Waals surface area contributed by atoms with Crippen molar-refractivity contribution in [3.8, 4) is 11.6 Å². The van der Waals surface area contributed by atoms with E-state index in [1.54, 1.807) is 36.4 Å². The lowest BCUT2D eigenvalue weighted by Crippen LogP contribution is -2.13. The van der Waals surface area contributed by atoms with Crippen molar-refractivity contribution in [2.45, 2.75) is 5.66 Å². The molecule has 0 saturated carbocycles. The molecule has 4 rings (SSSR count). The number of aromatic nitrogens is 1. The molecule has 170 valence electrons. The molecule has 3 N–H and O–H groups in total. The highest BCUT2D eigenvalue weighted by atomic mass is 79.9. The second-order valence-electron chi connectivity index (χ2n) is 6.77. The van der Waals surface area contributed by atoms with Gasteiger partial charge in [-0.3, -0.25) is 9.36 Å². The van der Waals surface area contributed by atoms with E-state index in [0.717, 1.165) is 0 Å². The molecule has 7 nitrogen and oxygen atoms in total. The Kier molecular flexibility index (Phi) is 6.35. The van der Waals surface area contributed by atoms with Gasteiger partial charge in [0, 0.05) is 26.3 Å². The fourth-order valence-corrected chi connectivity index (χ4v) is 5.82. The van der Waals surface area contributed by atoms with Crippen LogP contribution in [0.15, 0.2) is 71.3 Å². The molecular weight excluding hydrogens is 541 g/mol. The van der Waals surface area contributed by atoms with Gasteiger partial charge in [-0.25, -0.2) is 4.98 Å². The van der Waals surface area contributed by atoms with E-state index in [0.29, 0.717) is 27.5 Å². The van der Waals surface area contributed by atoms with Crippen LogP contribution in [0.2, 0.25) is 0 Å². The maximum Gasteiger partial charge on any atom is 0.400 e. The fraction of sp³-hybridized carbons (Fsp3) is 0.0476. The molecule has 2 aromatic carbocycles. The molecule has 0 fully saturated rings. The van der Waals surface area contributed by atoms with E-state index in [4.69, 9.17) is 14.5 Å². The van der Waals surface area contributed by atoms with Gasteiger partial charge in [0.15, 0.2) is 0 Å². The van der Waals surface area contributed by atoms with Crippen LogP contribution in [-0.2, 0) is 10.2 Å². The molecule has 0 aliphatic heterocycles. The molecule has 0 saturated heterocycles. The minimum absolute atomic E-state index is 0.140. The lowest BCUT2D eigenvalue weighted by Gasteiger charge is -2.16. The first-order chi connectivity index (χ1) is 15.6. The summed E-state index contributed by atoms with van der Waals surface area (Å²) in [5, 5.41) is 2.91. The van der Waals surface area contributed by atoms with Crippen LogP contribution in [0, 0.1) is 0 Å². The Balaban J connectivity index is 1.64. The van der Waals surface area contributed by atoms with Gasteiger partial charge in [0.05, 0.1) is 0 Å². The minimum atomic E-state index is -5.74. The summed E-state index contributed by atoms with van der Waals surface area (Å²) in [6.07, 6.45) is 1.51. The Morgan fingerprint density at radius 3 is 2.55 bits per heavy atom. The van der Waals surface area contributed by atoms with Gasteiger partial charge < -0.3 is 19.8 Å². The molecule has 0 spiro atoms. The van der Waals surface area contributed by atoms with E-state index in [2.05, 4.69) is 26.2 Å². The van der Waals surface area contributed by atoms with Crippen LogP contribution < -0.4 is 10.1 Å². The maximum absolute atomic E-state index is 14.2. The molecule has 0 aliphatic rings. The van der Waals surface area contributed by atoms with Crippen LogP contribution in [0.3, 0.4) is 0 Å². The lowest BCUT2D eigenvalue weighted by molar-refractivity contribution is 0.0595.